The molecule has 0 fully saturated rings. The highest BCUT2D eigenvalue weighted by atomic mass is 35.5. The lowest BCUT2D eigenvalue weighted by atomic mass is 10.1. The minimum absolute atomic E-state index is 0. The second kappa shape index (κ2) is 3.49. The number of halogens is 1. The van der Waals surface area contributed by atoms with E-state index in [0.29, 0.717) is 5.69 Å². The highest BCUT2D eigenvalue weighted by molar-refractivity contribution is 5.85. The maximum Gasteiger partial charge on any atom is 0.138 e. The smallest absolute Gasteiger partial charge is 0.138 e. The molecule has 3 heteroatoms. The Bertz CT molecular complexity index is 237. The molecule has 0 atom stereocenters. The molecule has 0 aliphatic rings. The molecule has 0 bridgehead atoms. The average Bonchev–Trinajstić information content (AvgIpc) is 1.82. The number of phenolic OH excluding ortho intramolecular Hbond substituents is 1. The number of nitrogens with two attached hydrogens (primary N) is 1. The zero-order valence-electron chi connectivity index (χ0n) is 6.59. The summed E-state index contributed by atoms with van der Waals surface area (Å²) in [7, 11) is 0. The van der Waals surface area contributed by atoms with E-state index < -0.39 is 0 Å². The number of rotatable bonds is 0. The van der Waals surface area contributed by atoms with Crippen LogP contribution in [0.3, 0.4) is 0 Å². The van der Waals surface area contributed by atoms with Gasteiger partial charge in [-0.2, -0.15) is 0 Å². The molecule has 2 nitrogen and oxygen atoms in total. The third kappa shape index (κ3) is 2.02. The van der Waals surface area contributed by atoms with Gasteiger partial charge in [0, 0.05) is 0 Å². The van der Waals surface area contributed by atoms with Gasteiger partial charge in [0.15, 0.2) is 0 Å². The van der Waals surface area contributed by atoms with E-state index >= 15 is 0 Å². The Morgan fingerprint density at radius 3 is 2.27 bits per heavy atom. The number of aromatic hydroxyl groups is 1. The number of anilines is 1. The van der Waals surface area contributed by atoms with Crippen LogP contribution in [0.1, 0.15) is 11.1 Å². The third-order valence-electron chi connectivity index (χ3n) is 1.51. The summed E-state index contributed by atoms with van der Waals surface area (Å²) in [4.78, 5) is 0. The van der Waals surface area contributed by atoms with Crippen LogP contribution in [0.15, 0.2) is 12.1 Å². The SMILES string of the molecule is Cc1cc(C)c(N)c(O)c1.Cl. The molecule has 0 aromatic heterocycles. The molecular formula is C8H12ClNO. The van der Waals surface area contributed by atoms with Crippen LogP contribution in [0.5, 0.6) is 5.75 Å². The molecule has 11 heavy (non-hydrogen) atoms. The summed E-state index contributed by atoms with van der Waals surface area (Å²) in [6, 6.07) is 3.59. The summed E-state index contributed by atoms with van der Waals surface area (Å²) in [6.45, 7) is 3.80. The zero-order chi connectivity index (χ0) is 7.72. The van der Waals surface area contributed by atoms with E-state index in [1.807, 2.05) is 19.9 Å². The normalized spacial score (nSPS) is 8.91. The summed E-state index contributed by atoms with van der Waals surface area (Å²) in [5.74, 6) is 0.178. The summed E-state index contributed by atoms with van der Waals surface area (Å²) >= 11 is 0. The lowest BCUT2D eigenvalue weighted by Crippen LogP contribution is -1.90. The van der Waals surface area contributed by atoms with Crippen molar-refractivity contribution < 1.29 is 5.11 Å². The number of nitrogen functional groups attached to an aromatic ring is 1. The van der Waals surface area contributed by atoms with E-state index in [2.05, 4.69) is 0 Å². The lowest BCUT2D eigenvalue weighted by molar-refractivity contribution is 0.477. The first-order valence-electron chi connectivity index (χ1n) is 3.17. The molecule has 0 radical (unpaired) electrons. The highest BCUT2D eigenvalue weighted by Gasteiger charge is 1.99. The lowest BCUT2D eigenvalue weighted by Gasteiger charge is -2.03. The maximum absolute atomic E-state index is 9.16. The van der Waals surface area contributed by atoms with Gasteiger partial charge in [-0.1, -0.05) is 6.07 Å². The fraction of sp³-hybridized carbons (Fsp3) is 0.250. The van der Waals surface area contributed by atoms with Gasteiger partial charge < -0.3 is 10.8 Å². The van der Waals surface area contributed by atoms with Crippen molar-refractivity contribution in [3.63, 3.8) is 0 Å². The fourth-order valence-electron chi connectivity index (χ4n) is 0.956. The Morgan fingerprint density at radius 1 is 1.27 bits per heavy atom. The average molecular weight is 174 g/mol. The Balaban J connectivity index is 0.000001000. The van der Waals surface area contributed by atoms with Crippen molar-refractivity contribution in [1.82, 2.24) is 0 Å². The van der Waals surface area contributed by atoms with Gasteiger partial charge in [-0.15, -0.1) is 12.4 Å². The fourth-order valence-corrected chi connectivity index (χ4v) is 0.956. The molecule has 3 N–H and O–H groups in total. The van der Waals surface area contributed by atoms with Gasteiger partial charge in [0.25, 0.3) is 0 Å². The molecule has 0 aliphatic heterocycles. The number of phenols is 1. The van der Waals surface area contributed by atoms with E-state index in [1.165, 1.54) is 0 Å². The van der Waals surface area contributed by atoms with Gasteiger partial charge in [-0.25, -0.2) is 0 Å². The molecule has 0 saturated carbocycles. The van der Waals surface area contributed by atoms with E-state index in [9.17, 15) is 0 Å². The predicted octanol–water partition coefficient (Wildman–Crippen LogP) is 2.01. The van der Waals surface area contributed by atoms with Crippen molar-refractivity contribution in [3.05, 3.63) is 23.3 Å². The van der Waals surface area contributed by atoms with E-state index in [0.717, 1.165) is 11.1 Å². The first-order valence-corrected chi connectivity index (χ1v) is 3.17. The van der Waals surface area contributed by atoms with Crippen LogP contribution >= 0.6 is 12.4 Å². The highest BCUT2D eigenvalue weighted by Crippen LogP contribution is 2.24. The minimum Gasteiger partial charge on any atom is -0.506 e. The molecule has 0 amide bonds. The standard InChI is InChI=1S/C8H11NO.ClH/c1-5-3-6(2)8(9)7(10)4-5;/h3-4,10H,9H2,1-2H3;1H. The quantitative estimate of drug-likeness (QED) is 0.466. The van der Waals surface area contributed by atoms with Gasteiger partial charge in [-0.05, 0) is 31.0 Å². The molecule has 1 aromatic rings. The Hall–Kier alpha value is -0.890. The Labute approximate surface area is 72.4 Å². The molecular weight excluding hydrogens is 162 g/mol. The third-order valence-corrected chi connectivity index (χ3v) is 1.51. The summed E-state index contributed by atoms with van der Waals surface area (Å²) in [6.07, 6.45) is 0. The van der Waals surface area contributed by atoms with Crippen LogP contribution < -0.4 is 5.73 Å². The van der Waals surface area contributed by atoms with Gasteiger partial charge in [0.05, 0.1) is 5.69 Å². The molecule has 0 heterocycles. The van der Waals surface area contributed by atoms with Crippen molar-refractivity contribution in [2.24, 2.45) is 0 Å². The summed E-state index contributed by atoms with van der Waals surface area (Å²) in [5, 5.41) is 9.16. The van der Waals surface area contributed by atoms with Gasteiger partial charge in [-0.3, -0.25) is 0 Å². The van der Waals surface area contributed by atoms with Crippen molar-refractivity contribution in [2.75, 3.05) is 5.73 Å². The minimum atomic E-state index is 0. The largest absolute Gasteiger partial charge is 0.506 e. The first-order chi connectivity index (χ1) is 4.61. The van der Waals surface area contributed by atoms with Crippen LogP contribution in [0, 0.1) is 13.8 Å². The summed E-state index contributed by atoms with van der Waals surface area (Å²) in [5.41, 5.74) is 7.94. The van der Waals surface area contributed by atoms with Gasteiger partial charge in [0.2, 0.25) is 0 Å². The summed E-state index contributed by atoms with van der Waals surface area (Å²) < 4.78 is 0. The van der Waals surface area contributed by atoms with Crippen molar-refractivity contribution in [2.45, 2.75) is 13.8 Å². The number of aryl methyl sites for hydroxylation is 2. The Kier molecular flexibility index (Phi) is 3.20. The monoisotopic (exact) mass is 173 g/mol. The van der Waals surface area contributed by atoms with E-state index in [4.69, 9.17) is 10.8 Å². The molecule has 0 saturated heterocycles. The maximum atomic E-state index is 9.16. The van der Waals surface area contributed by atoms with Crippen molar-refractivity contribution in [3.8, 4) is 5.75 Å². The van der Waals surface area contributed by atoms with Crippen LogP contribution in [-0.2, 0) is 0 Å². The van der Waals surface area contributed by atoms with Crippen LogP contribution in [0.4, 0.5) is 5.69 Å². The van der Waals surface area contributed by atoms with Crippen LogP contribution in [-0.4, -0.2) is 5.11 Å². The topological polar surface area (TPSA) is 46.2 Å². The first kappa shape index (κ1) is 10.1. The zero-order valence-corrected chi connectivity index (χ0v) is 7.40. The van der Waals surface area contributed by atoms with Crippen LogP contribution in [0.2, 0.25) is 0 Å². The van der Waals surface area contributed by atoms with Gasteiger partial charge >= 0.3 is 0 Å². The molecule has 62 valence electrons. The second-order valence-electron chi connectivity index (χ2n) is 2.51. The Morgan fingerprint density at radius 2 is 1.82 bits per heavy atom. The molecule has 1 rings (SSSR count). The van der Waals surface area contributed by atoms with Crippen molar-refractivity contribution >= 4 is 18.1 Å². The predicted molar refractivity (Wildman–Crippen MR) is 49.2 cm³/mol. The second-order valence-corrected chi connectivity index (χ2v) is 2.51. The van der Waals surface area contributed by atoms with Crippen LogP contribution in [0.25, 0.3) is 0 Å². The molecule has 0 unspecified atom stereocenters. The van der Waals surface area contributed by atoms with E-state index in [-0.39, 0.29) is 18.2 Å². The molecule has 0 aliphatic carbocycles. The van der Waals surface area contributed by atoms with E-state index in [1.54, 1.807) is 6.07 Å². The number of hydrogen-bond donors (Lipinski definition) is 2. The number of benzene rings is 1. The number of hydrogen-bond acceptors (Lipinski definition) is 2. The molecule has 0 spiro atoms. The van der Waals surface area contributed by atoms with Gasteiger partial charge in [0.1, 0.15) is 5.75 Å². The van der Waals surface area contributed by atoms with Crippen molar-refractivity contribution in [1.29, 1.82) is 0 Å². The molecule has 1 aromatic carbocycles.